The van der Waals surface area contributed by atoms with E-state index in [9.17, 15) is 10.1 Å². The molecule has 2 heterocycles. The van der Waals surface area contributed by atoms with Crippen molar-refractivity contribution < 1.29 is 9.53 Å². The van der Waals surface area contributed by atoms with Crippen LogP contribution in [0.25, 0.3) is 10.9 Å². The zero-order valence-electron chi connectivity index (χ0n) is 13.8. The number of ether oxygens (including phenoxy) is 1. The summed E-state index contributed by atoms with van der Waals surface area (Å²) in [4.78, 5) is 18.8. The highest BCUT2D eigenvalue weighted by atomic mass is 32.2. The first-order chi connectivity index (χ1) is 11.6. The smallest absolute Gasteiger partial charge is 0.233 e. The molecule has 1 aromatic heterocycles. The molecule has 2 aromatic rings. The molecule has 1 aliphatic rings. The maximum absolute atomic E-state index is 12.3. The molecule has 0 spiro atoms. The second-order valence-electron chi connectivity index (χ2n) is 5.81. The van der Waals surface area contributed by atoms with Crippen LogP contribution in [0.3, 0.4) is 0 Å². The van der Waals surface area contributed by atoms with Crippen LogP contribution in [0, 0.1) is 25.2 Å². The van der Waals surface area contributed by atoms with Crippen molar-refractivity contribution in [3.05, 3.63) is 34.9 Å². The van der Waals surface area contributed by atoms with Crippen LogP contribution in [0.15, 0.2) is 23.2 Å². The molecule has 0 radical (unpaired) electrons. The highest BCUT2D eigenvalue weighted by Crippen LogP contribution is 2.27. The molecule has 0 atom stereocenters. The van der Waals surface area contributed by atoms with Crippen molar-refractivity contribution in [1.82, 2.24) is 9.88 Å². The number of morpholine rings is 1. The van der Waals surface area contributed by atoms with Crippen LogP contribution in [0.1, 0.15) is 16.7 Å². The molecule has 0 aliphatic carbocycles. The summed E-state index contributed by atoms with van der Waals surface area (Å²) in [7, 11) is 0. The van der Waals surface area contributed by atoms with Crippen molar-refractivity contribution in [1.29, 1.82) is 5.26 Å². The Labute approximate surface area is 145 Å². The topological polar surface area (TPSA) is 66.2 Å². The number of aryl methyl sites for hydroxylation is 2. The minimum Gasteiger partial charge on any atom is -0.378 e. The standard InChI is InChI=1S/C18H19N3O2S/c1-12-3-4-14-9-15(10-19)18(20-17(14)13(12)2)24-11-16(22)21-5-7-23-8-6-21/h3-4,9H,5-8,11H2,1-2H3. The van der Waals surface area contributed by atoms with Gasteiger partial charge in [-0.25, -0.2) is 4.98 Å². The van der Waals surface area contributed by atoms with Crippen molar-refractivity contribution in [2.45, 2.75) is 18.9 Å². The van der Waals surface area contributed by atoms with Gasteiger partial charge in [0, 0.05) is 18.5 Å². The van der Waals surface area contributed by atoms with Crippen molar-refractivity contribution in [3.8, 4) is 6.07 Å². The lowest BCUT2D eigenvalue weighted by Crippen LogP contribution is -2.41. The number of pyridine rings is 1. The van der Waals surface area contributed by atoms with Crippen LogP contribution in [-0.2, 0) is 9.53 Å². The molecule has 124 valence electrons. The lowest BCUT2D eigenvalue weighted by atomic mass is 10.0. The Morgan fingerprint density at radius 1 is 1.38 bits per heavy atom. The summed E-state index contributed by atoms with van der Waals surface area (Å²) in [6.45, 7) is 6.52. The summed E-state index contributed by atoms with van der Waals surface area (Å²) in [6, 6.07) is 8.08. The number of rotatable bonds is 3. The van der Waals surface area contributed by atoms with Gasteiger partial charge in [0.1, 0.15) is 11.1 Å². The fraction of sp³-hybridized carbons (Fsp3) is 0.389. The number of carbonyl (C=O) groups is 1. The lowest BCUT2D eigenvalue weighted by molar-refractivity contribution is -0.132. The molecule has 0 saturated carbocycles. The molecule has 0 N–H and O–H groups in total. The highest BCUT2D eigenvalue weighted by molar-refractivity contribution is 8.00. The Kier molecular flexibility index (Phi) is 5.03. The quantitative estimate of drug-likeness (QED) is 0.803. The molecule has 1 aromatic carbocycles. The molecular formula is C18H19N3O2S. The number of carbonyl (C=O) groups excluding carboxylic acids is 1. The van der Waals surface area contributed by atoms with Gasteiger partial charge in [-0.2, -0.15) is 5.26 Å². The van der Waals surface area contributed by atoms with E-state index < -0.39 is 0 Å². The van der Waals surface area contributed by atoms with Gasteiger partial charge in [0.15, 0.2) is 0 Å². The number of benzene rings is 1. The maximum atomic E-state index is 12.3. The third kappa shape index (κ3) is 3.37. The summed E-state index contributed by atoms with van der Waals surface area (Å²) in [6.07, 6.45) is 0. The normalized spacial score (nSPS) is 14.6. The molecule has 1 fully saturated rings. The minimum absolute atomic E-state index is 0.0649. The van der Waals surface area contributed by atoms with Crippen LogP contribution in [-0.4, -0.2) is 47.8 Å². The van der Waals surface area contributed by atoms with Gasteiger partial charge in [-0.15, -0.1) is 0 Å². The average Bonchev–Trinajstić information content (AvgIpc) is 2.63. The third-order valence-corrected chi connectivity index (χ3v) is 5.27. The second kappa shape index (κ2) is 7.20. The molecule has 3 rings (SSSR count). The molecule has 1 aliphatic heterocycles. The van der Waals surface area contributed by atoms with Gasteiger partial charge in [0.2, 0.25) is 5.91 Å². The Hall–Kier alpha value is -2.10. The monoisotopic (exact) mass is 341 g/mol. The van der Waals surface area contributed by atoms with E-state index >= 15 is 0 Å². The first-order valence-electron chi connectivity index (χ1n) is 7.89. The Morgan fingerprint density at radius 3 is 2.83 bits per heavy atom. The van der Waals surface area contributed by atoms with E-state index in [2.05, 4.69) is 11.1 Å². The van der Waals surface area contributed by atoms with Gasteiger partial charge in [-0.05, 0) is 31.0 Å². The number of thioether (sulfide) groups is 1. The predicted molar refractivity (Wildman–Crippen MR) is 94.1 cm³/mol. The van der Waals surface area contributed by atoms with Gasteiger partial charge < -0.3 is 9.64 Å². The van der Waals surface area contributed by atoms with Gasteiger partial charge >= 0.3 is 0 Å². The van der Waals surface area contributed by atoms with E-state index in [0.29, 0.717) is 36.9 Å². The van der Waals surface area contributed by atoms with Gasteiger partial charge in [0.25, 0.3) is 0 Å². The maximum Gasteiger partial charge on any atom is 0.233 e. The van der Waals surface area contributed by atoms with E-state index in [1.807, 2.05) is 32.0 Å². The van der Waals surface area contributed by atoms with Crippen molar-refractivity contribution in [3.63, 3.8) is 0 Å². The van der Waals surface area contributed by atoms with Crippen LogP contribution in [0.2, 0.25) is 0 Å². The van der Waals surface area contributed by atoms with Crippen molar-refractivity contribution in [2.75, 3.05) is 32.1 Å². The molecule has 1 saturated heterocycles. The van der Waals surface area contributed by atoms with Crippen molar-refractivity contribution >= 4 is 28.6 Å². The largest absolute Gasteiger partial charge is 0.378 e. The molecule has 0 unspecified atom stereocenters. The third-order valence-electron chi connectivity index (χ3n) is 4.29. The molecule has 5 nitrogen and oxygen atoms in total. The van der Waals surface area contributed by atoms with Gasteiger partial charge in [-0.3, -0.25) is 4.79 Å². The van der Waals surface area contributed by atoms with Gasteiger partial charge in [-0.1, -0.05) is 23.9 Å². The van der Waals surface area contributed by atoms with Crippen molar-refractivity contribution in [2.24, 2.45) is 0 Å². The lowest BCUT2D eigenvalue weighted by Gasteiger charge is -2.26. The second-order valence-corrected chi connectivity index (χ2v) is 6.78. The first-order valence-corrected chi connectivity index (χ1v) is 8.88. The zero-order chi connectivity index (χ0) is 17.1. The van der Waals surface area contributed by atoms with E-state index in [-0.39, 0.29) is 11.7 Å². The number of nitriles is 1. The zero-order valence-corrected chi connectivity index (χ0v) is 14.7. The fourth-order valence-corrected chi connectivity index (χ4v) is 3.55. The van der Waals surface area contributed by atoms with Crippen LogP contribution < -0.4 is 0 Å². The molecule has 6 heteroatoms. The molecule has 0 bridgehead atoms. The molecule has 1 amide bonds. The number of nitrogens with zero attached hydrogens (tertiary/aromatic N) is 3. The predicted octanol–water partition coefficient (Wildman–Crippen LogP) is 2.67. The summed E-state index contributed by atoms with van der Waals surface area (Å²) in [5.41, 5.74) is 3.69. The van der Waals surface area contributed by atoms with Crippen LogP contribution in [0.5, 0.6) is 0 Å². The number of aromatic nitrogens is 1. The molecule has 24 heavy (non-hydrogen) atoms. The average molecular weight is 341 g/mol. The summed E-state index contributed by atoms with van der Waals surface area (Å²) in [5, 5.41) is 11.0. The van der Waals surface area contributed by atoms with E-state index in [1.165, 1.54) is 17.3 Å². The summed E-state index contributed by atoms with van der Waals surface area (Å²) < 4.78 is 5.27. The first kappa shape index (κ1) is 16.7. The fourth-order valence-electron chi connectivity index (χ4n) is 2.69. The minimum atomic E-state index is 0.0649. The highest BCUT2D eigenvalue weighted by Gasteiger charge is 2.18. The van der Waals surface area contributed by atoms with E-state index in [0.717, 1.165) is 16.5 Å². The number of hydrogen-bond donors (Lipinski definition) is 0. The SMILES string of the molecule is Cc1ccc2cc(C#N)c(SCC(=O)N3CCOCC3)nc2c1C. The Morgan fingerprint density at radius 2 is 2.12 bits per heavy atom. The van der Waals surface area contributed by atoms with E-state index in [1.54, 1.807) is 4.90 Å². The number of fused-ring (bicyclic) bond motifs is 1. The van der Waals surface area contributed by atoms with Gasteiger partial charge in [0.05, 0.1) is 30.0 Å². The van der Waals surface area contributed by atoms with Crippen LogP contribution >= 0.6 is 11.8 Å². The Bertz CT molecular complexity index is 823. The van der Waals surface area contributed by atoms with E-state index in [4.69, 9.17) is 4.74 Å². The summed E-state index contributed by atoms with van der Waals surface area (Å²) >= 11 is 1.34. The van der Waals surface area contributed by atoms with Crippen LogP contribution in [0.4, 0.5) is 0 Å². The molecular weight excluding hydrogens is 322 g/mol. The number of hydrogen-bond acceptors (Lipinski definition) is 5. The summed E-state index contributed by atoms with van der Waals surface area (Å²) in [5.74, 6) is 0.355. The number of amides is 1. The Balaban J connectivity index is 1.84.